The predicted octanol–water partition coefficient (Wildman–Crippen LogP) is -0.289. The second-order valence-corrected chi connectivity index (χ2v) is 3.12. The number of esters is 1. The van der Waals surface area contributed by atoms with E-state index in [1.807, 2.05) is 0 Å². The monoisotopic (exact) mass is 211 g/mol. The van der Waals surface area contributed by atoms with Gasteiger partial charge in [-0.2, -0.15) is 5.10 Å². The van der Waals surface area contributed by atoms with Crippen molar-refractivity contribution in [2.45, 2.75) is 13.0 Å². The third-order valence-corrected chi connectivity index (χ3v) is 1.87. The van der Waals surface area contributed by atoms with Gasteiger partial charge in [0.2, 0.25) is 0 Å². The average molecular weight is 211 g/mol. The first-order valence-corrected chi connectivity index (χ1v) is 4.42. The minimum atomic E-state index is -0.664. The van der Waals surface area contributed by atoms with Gasteiger partial charge in [-0.25, -0.2) is 4.79 Å². The molecule has 1 rings (SSSR count). The molecule has 1 amide bonds. The van der Waals surface area contributed by atoms with E-state index in [0.717, 1.165) is 0 Å². The van der Waals surface area contributed by atoms with E-state index in [2.05, 4.69) is 15.2 Å². The summed E-state index contributed by atoms with van der Waals surface area (Å²) in [5.41, 5.74) is 0.410. The number of ether oxygens (including phenoxy) is 1. The number of aryl methyl sites for hydroxylation is 1. The van der Waals surface area contributed by atoms with Crippen molar-refractivity contribution in [3.05, 3.63) is 18.0 Å². The van der Waals surface area contributed by atoms with E-state index in [4.69, 9.17) is 0 Å². The topological polar surface area (TPSA) is 73.2 Å². The van der Waals surface area contributed by atoms with Crippen molar-refractivity contribution in [3.63, 3.8) is 0 Å². The van der Waals surface area contributed by atoms with Crippen LogP contribution in [0.5, 0.6) is 0 Å². The standard InChI is InChI=1S/C9H13N3O3/c1-6(9(14)15-3)11-8(13)7-4-10-12(2)5-7/h4-6H,1-3H3,(H,11,13). The highest BCUT2D eigenvalue weighted by molar-refractivity contribution is 5.96. The highest BCUT2D eigenvalue weighted by atomic mass is 16.5. The molecule has 0 aliphatic carbocycles. The SMILES string of the molecule is COC(=O)C(C)NC(=O)c1cnn(C)c1. The number of nitrogens with one attached hydrogen (secondary N) is 1. The molecule has 1 aromatic heterocycles. The maximum atomic E-state index is 11.5. The summed E-state index contributed by atoms with van der Waals surface area (Å²) < 4.78 is 5.99. The number of amides is 1. The predicted molar refractivity (Wildman–Crippen MR) is 52.2 cm³/mol. The van der Waals surface area contributed by atoms with Crippen molar-refractivity contribution in [3.8, 4) is 0 Å². The number of hydrogen-bond acceptors (Lipinski definition) is 4. The van der Waals surface area contributed by atoms with Crippen LogP contribution in [0.25, 0.3) is 0 Å². The van der Waals surface area contributed by atoms with E-state index in [0.29, 0.717) is 5.56 Å². The van der Waals surface area contributed by atoms with Crippen molar-refractivity contribution in [1.82, 2.24) is 15.1 Å². The Morgan fingerprint density at radius 3 is 2.73 bits per heavy atom. The molecule has 0 saturated heterocycles. The smallest absolute Gasteiger partial charge is 0.328 e. The first-order chi connectivity index (χ1) is 7.04. The molecule has 1 heterocycles. The molecule has 82 valence electrons. The van der Waals surface area contributed by atoms with E-state index < -0.39 is 12.0 Å². The van der Waals surface area contributed by atoms with Gasteiger partial charge in [0, 0.05) is 13.2 Å². The number of nitrogens with zero attached hydrogens (tertiary/aromatic N) is 2. The molecule has 0 saturated carbocycles. The number of aromatic nitrogens is 2. The summed E-state index contributed by atoms with van der Waals surface area (Å²) in [4.78, 5) is 22.5. The second kappa shape index (κ2) is 4.59. The lowest BCUT2D eigenvalue weighted by Crippen LogP contribution is -2.39. The van der Waals surface area contributed by atoms with Gasteiger partial charge >= 0.3 is 5.97 Å². The quantitative estimate of drug-likeness (QED) is 0.697. The van der Waals surface area contributed by atoms with Crippen LogP contribution in [-0.4, -0.2) is 34.8 Å². The summed E-state index contributed by atoms with van der Waals surface area (Å²) in [6.45, 7) is 1.56. The Morgan fingerprint density at radius 2 is 2.27 bits per heavy atom. The molecule has 0 radical (unpaired) electrons. The van der Waals surface area contributed by atoms with Gasteiger partial charge in [0.15, 0.2) is 0 Å². The summed E-state index contributed by atoms with van der Waals surface area (Å²) in [5, 5.41) is 6.34. The Bertz CT molecular complexity index is 372. The van der Waals surface area contributed by atoms with E-state index in [9.17, 15) is 9.59 Å². The van der Waals surface area contributed by atoms with Gasteiger partial charge in [0.1, 0.15) is 6.04 Å². The Morgan fingerprint density at radius 1 is 1.60 bits per heavy atom. The molecule has 1 unspecified atom stereocenters. The zero-order valence-corrected chi connectivity index (χ0v) is 8.85. The van der Waals surface area contributed by atoms with Crippen LogP contribution in [0.4, 0.5) is 0 Å². The van der Waals surface area contributed by atoms with Crippen LogP contribution in [0.3, 0.4) is 0 Å². The summed E-state index contributed by atoms with van der Waals surface area (Å²) in [7, 11) is 2.98. The molecule has 6 heteroatoms. The van der Waals surface area contributed by atoms with Crippen LogP contribution in [0, 0.1) is 0 Å². The van der Waals surface area contributed by atoms with Gasteiger partial charge in [0.25, 0.3) is 5.91 Å². The largest absolute Gasteiger partial charge is 0.467 e. The molecule has 1 atom stereocenters. The maximum Gasteiger partial charge on any atom is 0.328 e. The van der Waals surface area contributed by atoms with Gasteiger partial charge in [-0.15, -0.1) is 0 Å². The highest BCUT2D eigenvalue weighted by Crippen LogP contribution is 1.97. The van der Waals surface area contributed by atoms with Gasteiger partial charge < -0.3 is 10.1 Å². The lowest BCUT2D eigenvalue weighted by atomic mass is 10.3. The third kappa shape index (κ3) is 2.80. The Hall–Kier alpha value is -1.85. The molecule has 0 spiro atoms. The fourth-order valence-electron chi connectivity index (χ4n) is 1.05. The lowest BCUT2D eigenvalue weighted by Gasteiger charge is -2.09. The van der Waals surface area contributed by atoms with Crippen molar-refractivity contribution >= 4 is 11.9 Å². The van der Waals surface area contributed by atoms with Crippen LogP contribution in [0.2, 0.25) is 0 Å². The zero-order valence-electron chi connectivity index (χ0n) is 8.85. The number of carbonyl (C=O) groups is 2. The van der Waals surface area contributed by atoms with E-state index in [1.54, 1.807) is 20.2 Å². The summed E-state index contributed by atoms with van der Waals surface area (Å²) in [5.74, 6) is -0.826. The van der Waals surface area contributed by atoms with Crippen molar-refractivity contribution in [2.24, 2.45) is 7.05 Å². The third-order valence-electron chi connectivity index (χ3n) is 1.87. The molecule has 6 nitrogen and oxygen atoms in total. The number of hydrogen-bond donors (Lipinski definition) is 1. The van der Waals surface area contributed by atoms with Gasteiger partial charge in [0.05, 0.1) is 18.9 Å². The molecule has 0 aliphatic heterocycles. The molecular weight excluding hydrogens is 198 g/mol. The molecule has 1 aromatic rings. The van der Waals surface area contributed by atoms with E-state index >= 15 is 0 Å². The van der Waals surface area contributed by atoms with Crippen LogP contribution in [0.1, 0.15) is 17.3 Å². The van der Waals surface area contributed by atoms with Crippen LogP contribution in [-0.2, 0) is 16.6 Å². The lowest BCUT2D eigenvalue weighted by molar-refractivity contribution is -0.142. The van der Waals surface area contributed by atoms with Crippen molar-refractivity contribution in [2.75, 3.05) is 7.11 Å². The van der Waals surface area contributed by atoms with Crippen LogP contribution < -0.4 is 5.32 Å². The average Bonchev–Trinajstić information content (AvgIpc) is 2.63. The fourth-order valence-corrected chi connectivity index (χ4v) is 1.05. The van der Waals surface area contributed by atoms with Crippen molar-refractivity contribution < 1.29 is 14.3 Å². The minimum absolute atomic E-state index is 0.346. The fraction of sp³-hybridized carbons (Fsp3) is 0.444. The highest BCUT2D eigenvalue weighted by Gasteiger charge is 2.17. The molecular formula is C9H13N3O3. The maximum absolute atomic E-state index is 11.5. The summed E-state index contributed by atoms with van der Waals surface area (Å²) in [6, 6.07) is -0.664. The summed E-state index contributed by atoms with van der Waals surface area (Å²) >= 11 is 0. The van der Waals surface area contributed by atoms with Crippen LogP contribution in [0.15, 0.2) is 12.4 Å². The van der Waals surface area contributed by atoms with Gasteiger partial charge in [-0.1, -0.05) is 0 Å². The Labute approximate surface area is 87.2 Å². The first kappa shape index (κ1) is 11.2. The molecule has 0 aliphatic rings. The summed E-state index contributed by atoms with van der Waals surface area (Å²) in [6.07, 6.45) is 3.00. The number of methoxy groups -OCH3 is 1. The zero-order chi connectivity index (χ0) is 11.4. The van der Waals surface area contributed by atoms with Crippen LogP contribution >= 0.6 is 0 Å². The van der Waals surface area contributed by atoms with Gasteiger partial charge in [-0.05, 0) is 6.92 Å². The van der Waals surface area contributed by atoms with E-state index in [-0.39, 0.29) is 5.91 Å². The Kier molecular flexibility index (Phi) is 3.43. The molecule has 15 heavy (non-hydrogen) atoms. The van der Waals surface area contributed by atoms with Crippen molar-refractivity contribution in [1.29, 1.82) is 0 Å². The normalized spacial score (nSPS) is 11.9. The Balaban J connectivity index is 2.60. The second-order valence-electron chi connectivity index (χ2n) is 3.12. The van der Waals surface area contributed by atoms with E-state index in [1.165, 1.54) is 18.0 Å². The first-order valence-electron chi connectivity index (χ1n) is 4.42. The van der Waals surface area contributed by atoms with Gasteiger partial charge in [-0.3, -0.25) is 9.48 Å². The number of rotatable bonds is 3. The number of carbonyl (C=O) groups excluding carboxylic acids is 2. The molecule has 0 fully saturated rings. The molecule has 0 aromatic carbocycles. The molecule has 1 N–H and O–H groups in total. The molecule has 0 bridgehead atoms. The minimum Gasteiger partial charge on any atom is -0.467 e.